The first-order chi connectivity index (χ1) is 8.22. The maximum atomic E-state index is 11.3. The van der Waals surface area contributed by atoms with E-state index in [1.165, 1.54) is 31.2 Å². The number of alkyl halides is 1. The molecule has 2 nitrogen and oxygen atoms in total. The molecule has 1 saturated carbocycles. The number of amides is 1. The van der Waals surface area contributed by atoms with Crippen molar-refractivity contribution in [3.63, 3.8) is 0 Å². The number of halogens is 1. The molecule has 1 unspecified atom stereocenters. The van der Waals surface area contributed by atoms with Crippen LogP contribution >= 0.6 is 15.9 Å². The minimum atomic E-state index is 0.113. The Kier molecular flexibility index (Phi) is 2.95. The second-order valence-electron chi connectivity index (χ2n) is 5.14. The van der Waals surface area contributed by atoms with Crippen LogP contribution in [0.5, 0.6) is 0 Å². The van der Waals surface area contributed by atoms with Gasteiger partial charge >= 0.3 is 0 Å². The Bertz CT molecular complexity index is 454. The molecule has 0 saturated heterocycles. The van der Waals surface area contributed by atoms with E-state index < -0.39 is 0 Å². The predicted octanol–water partition coefficient (Wildman–Crippen LogP) is 3.81. The summed E-state index contributed by atoms with van der Waals surface area (Å²) in [5.74, 6) is 1.01. The highest BCUT2D eigenvalue weighted by atomic mass is 79.9. The molecule has 1 N–H and O–H groups in total. The highest BCUT2D eigenvalue weighted by Crippen LogP contribution is 2.39. The van der Waals surface area contributed by atoms with Gasteiger partial charge in [0.2, 0.25) is 5.91 Å². The average molecular weight is 294 g/mol. The second-order valence-corrected chi connectivity index (χ2v) is 6.25. The van der Waals surface area contributed by atoms with E-state index in [2.05, 4.69) is 33.4 Å². The van der Waals surface area contributed by atoms with Crippen molar-refractivity contribution in [1.82, 2.24) is 0 Å². The average Bonchev–Trinajstić information content (AvgIpc) is 2.62. The first-order valence-corrected chi connectivity index (χ1v) is 7.20. The van der Waals surface area contributed by atoms with Gasteiger partial charge in [-0.15, -0.1) is 0 Å². The first-order valence-electron chi connectivity index (χ1n) is 6.29. The molecule has 0 radical (unpaired) electrons. The van der Waals surface area contributed by atoms with E-state index in [1.54, 1.807) is 0 Å². The van der Waals surface area contributed by atoms with Crippen LogP contribution in [0.1, 0.15) is 41.6 Å². The lowest BCUT2D eigenvalue weighted by molar-refractivity contribution is -0.115. The van der Waals surface area contributed by atoms with Gasteiger partial charge < -0.3 is 5.32 Å². The van der Waals surface area contributed by atoms with Crippen LogP contribution in [0.3, 0.4) is 0 Å². The van der Waals surface area contributed by atoms with Crippen molar-refractivity contribution in [3.05, 3.63) is 29.3 Å². The number of benzene rings is 1. The van der Waals surface area contributed by atoms with Gasteiger partial charge in [0.05, 0.1) is 6.42 Å². The summed E-state index contributed by atoms with van der Waals surface area (Å²) < 4.78 is 0. The third-order valence-electron chi connectivity index (χ3n) is 3.88. The molecule has 1 aromatic rings. The molecule has 1 fully saturated rings. The topological polar surface area (TPSA) is 29.1 Å². The summed E-state index contributed by atoms with van der Waals surface area (Å²) in [6.07, 6.45) is 5.92. The smallest absolute Gasteiger partial charge is 0.228 e. The third kappa shape index (κ3) is 2.25. The maximum absolute atomic E-state index is 11.3. The van der Waals surface area contributed by atoms with Crippen molar-refractivity contribution in [1.29, 1.82) is 0 Å². The zero-order valence-electron chi connectivity index (χ0n) is 9.71. The standard InChI is InChI=1S/C14H16BrNO/c15-12(6-9-2-1-3-9)10-4-5-13-11(7-10)8-14(17)16-13/h4-5,7,9,12H,1-3,6,8H2,(H,16,17). The van der Waals surface area contributed by atoms with Gasteiger partial charge in [-0.25, -0.2) is 0 Å². The van der Waals surface area contributed by atoms with Crippen molar-refractivity contribution in [2.45, 2.75) is 36.9 Å². The van der Waals surface area contributed by atoms with Gasteiger partial charge in [0.25, 0.3) is 0 Å². The lowest BCUT2D eigenvalue weighted by Gasteiger charge is -2.27. The molecule has 2 aliphatic rings. The van der Waals surface area contributed by atoms with Crippen molar-refractivity contribution in [2.75, 3.05) is 5.32 Å². The zero-order valence-corrected chi connectivity index (χ0v) is 11.3. The summed E-state index contributed by atoms with van der Waals surface area (Å²) in [6, 6.07) is 6.33. The van der Waals surface area contributed by atoms with Gasteiger partial charge in [-0.2, -0.15) is 0 Å². The van der Waals surface area contributed by atoms with Gasteiger partial charge in [0.1, 0.15) is 0 Å². The van der Waals surface area contributed by atoms with Crippen LogP contribution in [-0.2, 0) is 11.2 Å². The van der Waals surface area contributed by atoms with Crippen LogP contribution in [0, 0.1) is 5.92 Å². The minimum Gasteiger partial charge on any atom is -0.326 e. The Hall–Kier alpha value is -0.830. The van der Waals surface area contributed by atoms with Crippen molar-refractivity contribution in [3.8, 4) is 0 Å². The normalized spacial score (nSPS) is 20.6. The maximum Gasteiger partial charge on any atom is 0.228 e. The Balaban J connectivity index is 1.74. The fraction of sp³-hybridized carbons (Fsp3) is 0.500. The number of nitrogens with one attached hydrogen (secondary N) is 1. The number of rotatable bonds is 3. The van der Waals surface area contributed by atoms with E-state index in [9.17, 15) is 4.79 Å². The third-order valence-corrected chi connectivity index (χ3v) is 4.78. The summed E-state index contributed by atoms with van der Waals surface area (Å²) in [6.45, 7) is 0. The minimum absolute atomic E-state index is 0.113. The molecule has 0 aromatic heterocycles. The second kappa shape index (κ2) is 4.45. The van der Waals surface area contributed by atoms with E-state index in [-0.39, 0.29) is 5.91 Å². The van der Waals surface area contributed by atoms with Crippen molar-refractivity contribution in [2.24, 2.45) is 5.92 Å². The summed E-state index contributed by atoms with van der Waals surface area (Å²) in [7, 11) is 0. The molecule has 1 aliphatic carbocycles. The fourth-order valence-corrected chi connectivity index (χ4v) is 3.41. The molecule has 90 valence electrons. The quantitative estimate of drug-likeness (QED) is 0.844. The summed E-state index contributed by atoms with van der Waals surface area (Å²) in [5, 5.41) is 2.87. The Labute approximate surface area is 110 Å². The molecule has 1 amide bonds. The highest BCUT2D eigenvalue weighted by Gasteiger charge is 2.23. The number of fused-ring (bicyclic) bond motifs is 1. The molecular weight excluding hydrogens is 278 g/mol. The zero-order chi connectivity index (χ0) is 11.8. The van der Waals surface area contributed by atoms with Gasteiger partial charge in [-0.3, -0.25) is 4.79 Å². The van der Waals surface area contributed by atoms with Crippen LogP contribution in [0.4, 0.5) is 5.69 Å². The highest BCUT2D eigenvalue weighted by molar-refractivity contribution is 9.09. The van der Waals surface area contributed by atoms with Gasteiger partial charge in [-0.1, -0.05) is 47.3 Å². The number of hydrogen-bond donors (Lipinski definition) is 1. The van der Waals surface area contributed by atoms with Crippen molar-refractivity contribution < 1.29 is 4.79 Å². The van der Waals surface area contributed by atoms with E-state index >= 15 is 0 Å². The monoisotopic (exact) mass is 293 g/mol. The lowest BCUT2D eigenvalue weighted by atomic mass is 9.81. The van der Waals surface area contributed by atoms with Crippen LogP contribution < -0.4 is 5.32 Å². The van der Waals surface area contributed by atoms with Crippen LogP contribution in [0.2, 0.25) is 0 Å². The molecule has 3 heteroatoms. The summed E-state index contributed by atoms with van der Waals surface area (Å²) in [4.78, 5) is 11.7. The van der Waals surface area contributed by atoms with E-state index in [4.69, 9.17) is 0 Å². The molecule has 0 spiro atoms. The number of hydrogen-bond acceptors (Lipinski definition) is 1. The van der Waals surface area contributed by atoms with Crippen LogP contribution in [-0.4, -0.2) is 5.91 Å². The fourth-order valence-electron chi connectivity index (χ4n) is 2.60. The van der Waals surface area contributed by atoms with E-state index in [0.717, 1.165) is 17.2 Å². The first kappa shape index (κ1) is 11.3. The predicted molar refractivity (Wildman–Crippen MR) is 72.4 cm³/mol. The molecule has 1 aliphatic heterocycles. The Morgan fingerprint density at radius 1 is 1.41 bits per heavy atom. The van der Waals surface area contributed by atoms with Crippen molar-refractivity contribution >= 4 is 27.5 Å². The number of carbonyl (C=O) groups excluding carboxylic acids is 1. The van der Waals surface area contributed by atoms with Gasteiger partial charge in [0.15, 0.2) is 0 Å². The van der Waals surface area contributed by atoms with E-state index in [1.807, 2.05) is 6.07 Å². The molecule has 17 heavy (non-hydrogen) atoms. The lowest BCUT2D eigenvalue weighted by Crippen LogP contribution is -2.12. The van der Waals surface area contributed by atoms with Crippen LogP contribution in [0.15, 0.2) is 18.2 Å². The van der Waals surface area contributed by atoms with Crippen LogP contribution in [0.25, 0.3) is 0 Å². The largest absolute Gasteiger partial charge is 0.326 e. The summed E-state index contributed by atoms with van der Waals surface area (Å²) in [5.41, 5.74) is 3.44. The Morgan fingerprint density at radius 3 is 2.94 bits per heavy atom. The van der Waals surface area contributed by atoms with Gasteiger partial charge in [-0.05, 0) is 29.5 Å². The van der Waals surface area contributed by atoms with E-state index in [0.29, 0.717) is 11.2 Å². The number of anilines is 1. The molecule has 0 bridgehead atoms. The molecular formula is C14H16BrNO. The SMILES string of the molecule is O=C1Cc2cc(C(Br)CC3CCC3)ccc2N1. The summed E-state index contributed by atoms with van der Waals surface area (Å²) >= 11 is 3.78. The molecule has 1 heterocycles. The molecule has 3 rings (SSSR count). The Morgan fingerprint density at radius 2 is 2.24 bits per heavy atom. The number of carbonyl (C=O) groups is 1. The van der Waals surface area contributed by atoms with Gasteiger partial charge in [0, 0.05) is 10.5 Å². The molecule has 1 atom stereocenters. The molecule has 1 aromatic carbocycles.